The Balaban J connectivity index is 3.57. The normalized spacial score (nSPS) is 12.5. The molecule has 0 aliphatic heterocycles. The molecule has 0 aliphatic carbocycles. The second-order valence-electron chi connectivity index (χ2n) is 4.06. The number of aliphatic carboxylic acids is 1. The van der Waals surface area contributed by atoms with Crippen LogP contribution >= 0.6 is 0 Å². The molecule has 0 radical (unpaired) electrons. The first-order chi connectivity index (χ1) is 6.91. The molecular weight excluding hydrogens is 196 g/mol. The van der Waals surface area contributed by atoms with E-state index in [1.807, 2.05) is 19.0 Å². The fraction of sp³-hybridized carbons (Fsp3) is 0.800. The summed E-state index contributed by atoms with van der Waals surface area (Å²) in [6.07, 6.45) is 0.542. The molecule has 0 heterocycles. The van der Waals surface area contributed by atoms with Crippen LogP contribution in [0.4, 0.5) is 0 Å². The number of carbonyl (C=O) groups is 2. The van der Waals surface area contributed by atoms with Crippen molar-refractivity contribution in [2.45, 2.75) is 19.8 Å². The summed E-state index contributed by atoms with van der Waals surface area (Å²) < 4.78 is 0. The van der Waals surface area contributed by atoms with Crippen LogP contribution in [0, 0.1) is 5.92 Å². The van der Waals surface area contributed by atoms with Crippen molar-refractivity contribution in [3.63, 3.8) is 0 Å². The van der Waals surface area contributed by atoms with Crippen molar-refractivity contribution in [1.29, 1.82) is 0 Å². The number of carbonyl (C=O) groups excluding carboxylic acids is 1. The molecule has 0 saturated carbocycles. The Morgan fingerprint density at radius 1 is 1.40 bits per heavy atom. The SMILES string of the molecule is CC(CNC(=O)CCN(C)C)CC(=O)O. The molecule has 0 fully saturated rings. The van der Waals surface area contributed by atoms with Crippen LogP contribution < -0.4 is 5.32 Å². The Morgan fingerprint density at radius 2 is 2.00 bits per heavy atom. The molecule has 88 valence electrons. The summed E-state index contributed by atoms with van der Waals surface area (Å²) in [6, 6.07) is 0. The largest absolute Gasteiger partial charge is 0.481 e. The van der Waals surface area contributed by atoms with Gasteiger partial charge in [0.2, 0.25) is 5.91 Å². The fourth-order valence-electron chi connectivity index (χ4n) is 1.07. The lowest BCUT2D eigenvalue weighted by atomic mass is 10.1. The molecule has 5 heteroatoms. The second kappa shape index (κ2) is 7.23. The molecule has 5 nitrogen and oxygen atoms in total. The number of amides is 1. The lowest BCUT2D eigenvalue weighted by Gasteiger charge is -2.12. The number of hydrogen-bond acceptors (Lipinski definition) is 3. The van der Waals surface area contributed by atoms with E-state index in [1.165, 1.54) is 0 Å². The minimum Gasteiger partial charge on any atom is -0.481 e. The summed E-state index contributed by atoms with van der Waals surface area (Å²) in [5, 5.41) is 11.2. The van der Waals surface area contributed by atoms with Gasteiger partial charge in [0.25, 0.3) is 0 Å². The summed E-state index contributed by atoms with van der Waals surface area (Å²) in [5.41, 5.74) is 0. The van der Waals surface area contributed by atoms with Gasteiger partial charge in [-0.15, -0.1) is 0 Å². The highest BCUT2D eigenvalue weighted by atomic mass is 16.4. The molecule has 0 spiro atoms. The molecule has 0 aliphatic rings. The summed E-state index contributed by atoms with van der Waals surface area (Å²) in [7, 11) is 3.81. The maximum Gasteiger partial charge on any atom is 0.303 e. The molecule has 0 aromatic rings. The van der Waals surface area contributed by atoms with E-state index in [4.69, 9.17) is 5.11 Å². The Kier molecular flexibility index (Phi) is 6.70. The highest BCUT2D eigenvalue weighted by molar-refractivity contribution is 5.76. The van der Waals surface area contributed by atoms with Crippen molar-refractivity contribution >= 4 is 11.9 Å². The van der Waals surface area contributed by atoms with E-state index in [1.54, 1.807) is 6.92 Å². The van der Waals surface area contributed by atoms with Crippen molar-refractivity contribution in [3.05, 3.63) is 0 Å². The molecule has 2 N–H and O–H groups in total. The van der Waals surface area contributed by atoms with Crippen LogP contribution in [0.3, 0.4) is 0 Å². The molecule has 1 unspecified atom stereocenters. The monoisotopic (exact) mass is 216 g/mol. The molecule has 0 saturated heterocycles. The van der Waals surface area contributed by atoms with Crippen LogP contribution in [0.2, 0.25) is 0 Å². The zero-order chi connectivity index (χ0) is 11.8. The van der Waals surface area contributed by atoms with Crippen LogP contribution in [0.5, 0.6) is 0 Å². The molecule has 15 heavy (non-hydrogen) atoms. The standard InChI is InChI=1S/C10H20N2O3/c1-8(6-10(14)15)7-11-9(13)4-5-12(2)3/h8H,4-7H2,1-3H3,(H,11,13)(H,14,15). The van der Waals surface area contributed by atoms with Crippen LogP contribution in [0.15, 0.2) is 0 Å². The van der Waals surface area contributed by atoms with Crippen molar-refractivity contribution in [1.82, 2.24) is 10.2 Å². The summed E-state index contributed by atoms with van der Waals surface area (Å²) in [4.78, 5) is 23.5. The molecule has 0 rings (SSSR count). The molecule has 1 amide bonds. The minimum atomic E-state index is -0.829. The fourth-order valence-corrected chi connectivity index (χ4v) is 1.07. The van der Waals surface area contributed by atoms with Gasteiger partial charge in [0.15, 0.2) is 0 Å². The van der Waals surface area contributed by atoms with Gasteiger partial charge in [-0.3, -0.25) is 9.59 Å². The molecule has 0 aromatic carbocycles. The third-order valence-electron chi connectivity index (χ3n) is 1.96. The highest BCUT2D eigenvalue weighted by Crippen LogP contribution is 1.99. The second-order valence-corrected chi connectivity index (χ2v) is 4.06. The Morgan fingerprint density at radius 3 is 2.47 bits per heavy atom. The highest BCUT2D eigenvalue weighted by Gasteiger charge is 2.09. The topological polar surface area (TPSA) is 69.6 Å². The van der Waals surface area contributed by atoms with Crippen LogP contribution in [0.25, 0.3) is 0 Å². The van der Waals surface area contributed by atoms with Gasteiger partial charge in [-0.25, -0.2) is 0 Å². The van der Waals surface area contributed by atoms with Gasteiger partial charge in [-0.2, -0.15) is 0 Å². The van der Waals surface area contributed by atoms with Crippen molar-refractivity contribution in [2.24, 2.45) is 5.92 Å². The smallest absolute Gasteiger partial charge is 0.303 e. The lowest BCUT2D eigenvalue weighted by Crippen LogP contribution is -2.31. The molecule has 0 aromatic heterocycles. The number of hydrogen-bond donors (Lipinski definition) is 2. The average Bonchev–Trinajstić information content (AvgIpc) is 2.10. The van der Waals surface area contributed by atoms with Crippen LogP contribution in [-0.4, -0.2) is 49.1 Å². The Labute approximate surface area is 90.5 Å². The first-order valence-corrected chi connectivity index (χ1v) is 5.05. The van der Waals surface area contributed by atoms with E-state index in [2.05, 4.69) is 5.32 Å². The molecule has 1 atom stereocenters. The van der Waals surface area contributed by atoms with Crippen molar-refractivity contribution in [3.8, 4) is 0 Å². The van der Waals surface area contributed by atoms with Gasteiger partial charge < -0.3 is 15.3 Å². The maximum absolute atomic E-state index is 11.3. The summed E-state index contributed by atoms with van der Waals surface area (Å²) >= 11 is 0. The Hall–Kier alpha value is -1.10. The van der Waals surface area contributed by atoms with E-state index in [-0.39, 0.29) is 18.2 Å². The van der Waals surface area contributed by atoms with E-state index in [0.29, 0.717) is 19.5 Å². The zero-order valence-corrected chi connectivity index (χ0v) is 9.62. The predicted molar refractivity (Wildman–Crippen MR) is 57.6 cm³/mol. The lowest BCUT2D eigenvalue weighted by molar-refractivity contribution is -0.138. The number of carboxylic acid groups (broad SMARTS) is 1. The maximum atomic E-state index is 11.3. The van der Waals surface area contributed by atoms with E-state index < -0.39 is 5.97 Å². The van der Waals surface area contributed by atoms with Gasteiger partial charge in [0, 0.05) is 25.9 Å². The predicted octanol–water partition coefficient (Wildman–Crippen LogP) is 0.165. The van der Waals surface area contributed by atoms with Crippen LogP contribution in [-0.2, 0) is 9.59 Å². The van der Waals surface area contributed by atoms with Gasteiger partial charge in [0.05, 0.1) is 0 Å². The zero-order valence-electron chi connectivity index (χ0n) is 9.62. The number of nitrogens with zero attached hydrogens (tertiary/aromatic N) is 1. The van der Waals surface area contributed by atoms with Gasteiger partial charge in [-0.1, -0.05) is 6.92 Å². The number of rotatable bonds is 7. The third kappa shape index (κ3) is 9.21. The van der Waals surface area contributed by atoms with Crippen molar-refractivity contribution in [2.75, 3.05) is 27.2 Å². The first-order valence-electron chi connectivity index (χ1n) is 5.05. The number of nitrogens with one attached hydrogen (secondary N) is 1. The third-order valence-corrected chi connectivity index (χ3v) is 1.96. The van der Waals surface area contributed by atoms with Gasteiger partial charge in [0.1, 0.15) is 0 Å². The molecular formula is C10H20N2O3. The van der Waals surface area contributed by atoms with Gasteiger partial charge in [-0.05, 0) is 20.0 Å². The summed E-state index contributed by atoms with van der Waals surface area (Å²) in [6.45, 7) is 2.94. The van der Waals surface area contributed by atoms with E-state index in [9.17, 15) is 9.59 Å². The number of carboxylic acids is 1. The quantitative estimate of drug-likeness (QED) is 0.636. The minimum absolute atomic E-state index is 0.0224. The van der Waals surface area contributed by atoms with E-state index >= 15 is 0 Å². The summed E-state index contributed by atoms with van der Waals surface area (Å²) in [5.74, 6) is -0.878. The van der Waals surface area contributed by atoms with Gasteiger partial charge >= 0.3 is 5.97 Å². The first kappa shape index (κ1) is 13.9. The average molecular weight is 216 g/mol. The van der Waals surface area contributed by atoms with Crippen molar-refractivity contribution < 1.29 is 14.7 Å². The van der Waals surface area contributed by atoms with E-state index in [0.717, 1.165) is 0 Å². The Bertz CT molecular complexity index is 217. The molecule has 0 bridgehead atoms. The van der Waals surface area contributed by atoms with Crippen LogP contribution in [0.1, 0.15) is 19.8 Å².